The predicted octanol–water partition coefficient (Wildman–Crippen LogP) is 3.69. The van der Waals surface area contributed by atoms with Crippen molar-refractivity contribution < 1.29 is 9.13 Å². The van der Waals surface area contributed by atoms with Crippen molar-refractivity contribution in [3.8, 4) is 0 Å². The first-order valence-electron chi connectivity index (χ1n) is 4.90. The molecule has 0 heterocycles. The lowest BCUT2D eigenvalue weighted by atomic mass is 10.0. The van der Waals surface area contributed by atoms with Gasteiger partial charge >= 0.3 is 0 Å². The van der Waals surface area contributed by atoms with Gasteiger partial charge in [-0.3, -0.25) is 0 Å². The maximum atomic E-state index is 12.8. The topological polar surface area (TPSA) is 9.23 Å². The zero-order valence-electron chi connectivity index (χ0n) is 9.46. The van der Waals surface area contributed by atoms with Gasteiger partial charge in [0.15, 0.2) is 0 Å². The van der Waals surface area contributed by atoms with Crippen molar-refractivity contribution in [2.24, 2.45) is 0 Å². The molecule has 0 aliphatic rings. The summed E-state index contributed by atoms with van der Waals surface area (Å²) in [5.41, 5.74) is 2.66. The minimum absolute atomic E-state index is 0.262. The Morgan fingerprint density at radius 2 is 1.94 bits per heavy atom. The number of rotatable bonds is 4. The van der Waals surface area contributed by atoms with Crippen LogP contribution in [0.4, 0.5) is 4.39 Å². The zero-order chi connectivity index (χ0) is 12.1. The molecule has 0 N–H and O–H groups in total. The molecule has 0 unspecified atom stereocenters. The van der Waals surface area contributed by atoms with Crippen molar-refractivity contribution in [3.05, 3.63) is 53.4 Å². The second-order valence-corrected chi connectivity index (χ2v) is 3.77. The van der Waals surface area contributed by atoms with Crippen molar-refractivity contribution in [1.82, 2.24) is 0 Å². The third-order valence-electron chi connectivity index (χ3n) is 2.26. The van der Waals surface area contributed by atoms with Gasteiger partial charge in [-0.1, -0.05) is 12.2 Å². The summed E-state index contributed by atoms with van der Waals surface area (Å²) in [6, 6.07) is 6.17. The van der Waals surface area contributed by atoms with E-state index in [1.165, 1.54) is 12.1 Å². The molecule has 0 amide bonds. The molecule has 0 aliphatic heterocycles. The number of ether oxygens (including phenoxy) is 1. The van der Waals surface area contributed by atoms with E-state index in [1.54, 1.807) is 19.2 Å². The molecule has 0 bridgehead atoms. The molecule has 1 rings (SSSR count). The molecule has 0 aliphatic carbocycles. The van der Waals surface area contributed by atoms with Gasteiger partial charge in [0.2, 0.25) is 0 Å². The number of halogens is 1. The van der Waals surface area contributed by atoms with E-state index in [2.05, 4.69) is 19.2 Å². The smallest absolute Gasteiger partial charge is 0.130 e. The molecule has 0 saturated heterocycles. The van der Waals surface area contributed by atoms with Crippen molar-refractivity contribution in [3.63, 3.8) is 0 Å². The fourth-order valence-electron chi connectivity index (χ4n) is 1.42. The number of hydrogen-bond donors (Lipinski definition) is 1. The van der Waals surface area contributed by atoms with Crippen molar-refractivity contribution >= 4 is 18.4 Å². The Morgan fingerprint density at radius 3 is 2.31 bits per heavy atom. The van der Waals surface area contributed by atoms with Crippen LogP contribution in [0.3, 0.4) is 0 Å². The third-order valence-corrected chi connectivity index (χ3v) is 2.57. The van der Waals surface area contributed by atoms with E-state index in [9.17, 15) is 4.39 Å². The van der Waals surface area contributed by atoms with Gasteiger partial charge in [0.25, 0.3) is 0 Å². The van der Waals surface area contributed by atoms with Crippen LogP contribution in [0.2, 0.25) is 0 Å². The SMILES string of the molecule is C=C(C)/C(CS)=C(\OC)c1ccc(F)cc1. The minimum Gasteiger partial charge on any atom is -0.496 e. The van der Waals surface area contributed by atoms with E-state index < -0.39 is 0 Å². The molecule has 3 heteroatoms. The lowest BCUT2D eigenvalue weighted by Gasteiger charge is -2.13. The molecule has 1 nitrogen and oxygen atoms in total. The maximum absolute atomic E-state index is 12.8. The van der Waals surface area contributed by atoms with Crippen LogP contribution in [0.15, 0.2) is 42.0 Å². The molecule has 0 saturated carbocycles. The molecule has 0 aromatic heterocycles. The first-order valence-corrected chi connectivity index (χ1v) is 5.53. The molecule has 1 aromatic rings. The Hall–Kier alpha value is -1.22. The van der Waals surface area contributed by atoms with Crippen molar-refractivity contribution in [2.75, 3.05) is 12.9 Å². The first-order chi connectivity index (χ1) is 7.60. The van der Waals surface area contributed by atoms with E-state index in [0.717, 1.165) is 16.7 Å². The van der Waals surface area contributed by atoms with Gasteiger partial charge in [-0.05, 0) is 31.2 Å². The van der Waals surface area contributed by atoms with Crippen LogP contribution in [0.25, 0.3) is 5.76 Å². The van der Waals surface area contributed by atoms with Crippen LogP contribution in [0, 0.1) is 5.82 Å². The summed E-state index contributed by atoms with van der Waals surface area (Å²) in [5.74, 6) is 0.972. The number of hydrogen-bond acceptors (Lipinski definition) is 2. The Balaban J connectivity index is 3.24. The second-order valence-electron chi connectivity index (χ2n) is 3.46. The standard InChI is InChI=1S/C13H15FOS/c1-9(2)12(8-16)13(15-3)10-4-6-11(14)7-5-10/h4-7,16H,1,8H2,2-3H3/b13-12-. The van der Waals surface area contributed by atoms with Crippen LogP contribution in [0.1, 0.15) is 12.5 Å². The monoisotopic (exact) mass is 238 g/mol. The van der Waals surface area contributed by atoms with Crippen LogP contribution in [0.5, 0.6) is 0 Å². The van der Waals surface area contributed by atoms with Gasteiger partial charge in [-0.2, -0.15) is 12.6 Å². The summed E-state index contributed by atoms with van der Waals surface area (Å²) in [5, 5.41) is 0. The molecular weight excluding hydrogens is 223 g/mol. The number of thiol groups is 1. The Labute approximate surface area is 101 Å². The van der Waals surface area contributed by atoms with E-state index in [4.69, 9.17) is 4.74 Å². The van der Waals surface area contributed by atoms with E-state index in [-0.39, 0.29) is 5.82 Å². The third kappa shape index (κ3) is 2.89. The van der Waals surface area contributed by atoms with Crippen molar-refractivity contribution in [1.29, 1.82) is 0 Å². The Bertz CT molecular complexity index is 406. The highest BCUT2D eigenvalue weighted by Gasteiger charge is 2.09. The predicted molar refractivity (Wildman–Crippen MR) is 69.0 cm³/mol. The summed E-state index contributed by atoms with van der Waals surface area (Å²) in [7, 11) is 1.59. The van der Waals surface area contributed by atoms with Crippen molar-refractivity contribution in [2.45, 2.75) is 6.92 Å². The van der Waals surface area contributed by atoms with E-state index in [1.807, 2.05) is 6.92 Å². The summed E-state index contributed by atoms with van der Waals surface area (Å²) in [6.45, 7) is 5.77. The summed E-state index contributed by atoms with van der Waals surface area (Å²) in [6.07, 6.45) is 0. The molecule has 0 fully saturated rings. The first kappa shape index (κ1) is 12.8. The maximum Gasteiger partial charge on any atom is 0.130 e. The molecule has 16 heavy (non-hydrogen) atoms. The average molecular weight is 238 g/mol. The fraction of sp³-hybridized carbons (Fsp3) is 0.231. The van der Waals surface area contributed by atoms with Crippen LogP contribution < -0.4 is 0 Å². The highest BCUT2D eigenvalue weighted by molar-refractivity contribution is 7.80. The van der Waals surface area contributed by atoms with Gasteiger partial charge in [0, 0.05) is 16.9 Å². The van der Waals surface area contributed by atoms with Gasteiger partial charge in [-0.15, -0.1) is 0 Å². The normalized spacial score (nSPS) is 12.0. The average Bonchev–Trinajstić information content (AvgIpc) is 2.26. The lowest BCUT2D eigenvalue weighted by Crippen LogP contribution is -1.97. The second kappa shape index (κ2) is 5.75. The largest absolute Gasteiger partial charge is 0.496 e. The summed E-state index contributed by atoms with van der Waals surface area (Å²) < 4.78 is 18.1. The molecule has 0 atom stereocenters. The van der Waals surface area contributed by atoms with E-state index in [0.29, 0.717) is 11.5 Å². The molecule has 1 aromatic carbocycles. The Kier molecular flexibility index (Phi) is 4.62. The molecule has 86 valence electrons. The lowest BCUT2D eigenvalue weighted by molar-refractivity contribution is 0.367. The molecular formula is C13H15FOS. The zero-order valence-corrected chi connectivity index (χ0v) is 10.4. The fourth-order valence-corrected chi connectivity index (χ4v) is 1.83. The molecule has 0 radical (unpaired) electrons. The van der Waals surface area contributed by atoms with Crippen LogP contribution in [-0.2, 0) is 4.74 Å². The van der Waals surface area contributed by atoms with Gasteiger partial charge in [-0.25, -0.2) is 4.39 Å². The number of allylic oxidation sites excluding steroid dienone is 1. The van der Waals surface area contributed by atoms with Crippen LogP contribution in [-0.4, -0.2) is 12.9 Å². The van der Waals surface area contributed by atoms with Gasteiger partial charge in [0.05, 0.1) is 7.11 Å². The quantitative estimate of drug-likeness (QED) is 0.478. The van der Waals surface area contributed by atoms with Gasteiger partial charge in [0.1, 0.15) is 11.6 Å². The van der Waals surface area contributed by atoms with Gasteiger partial charge < -0.3 is 4.74 Å². The minimum atomic E-state index is -0.262. The number of methoxy groups -OCH3 is 1. The van der Waals surface area contributed by atoms with E-state index >= 15 is 0 Å². The summed E-state index contributed by atoms with van der Waals surface area (Å²) >= 11 is 4.25. The van der Waals surface area contributed by atoms with Crippen LogP contribution >= 0.6 is 12.6 Å². The number of benzene rings is 1. The molecule has 0 spiro atoms. The highest BCUT2D eigenvalue weighted by atomic mass is 32.1. The Morgan fingerprint density at radius 1 is 1.38 bits per heavy atom. The highest BCUT2D eigenvalue weighted by Crippen LogP contribution is 2.24. The summed E-state index contributed by atoms with van der Waals surface area (Å²) in [4.78, 5) is 0.